The fraction of sp³-hybridized carbons (Fsp3) is 0.500. The largest absolute Gasteiger partial charge is 0.337 e. The molecule has 0 aromatic carbocycles. The van der Waals surface area contributed by atoms with Gasteiger partial charge >= 0.3 is 0 Å². The third kappa shape index (κ3) is 2.51. The van der Waals surface area contributed by atoms with Crippen molar-refractivity contribution >= 4 is 11.6 Å². The van der Waals surface area contributed by atoms with E-state index in [9.17, 15) is 9.59 Å². The SMILES string of the molecule is Cc1ccn2c(=O)cc(CN3C[C@H]4CCCN4C(=O)[C@H]3C)nc2c1. The van der Waals surface area contributed by atoms with Crippen LogP contribution in [0.25, 0.3) is 5.65 Å². The third-order valence-electron chi connectivity index (χ3n) is 5.25. The molecule has 2 fully saturated rings. The molecule has 4 heterocycles. The molecule has 24 heavy (non-hydrogen) atoms. The Labute approximate surface area is 140 Å². The molecule has 6 nitrogen and oxygen atoms in total. The minimum absolute atomic E-state index is 0.0755. The van der Waals surface area contributed by atoms with Crippen LogP contribution in [-0.4, -0.2) is 50.3 Å². The second-order valence-electron chi connectivity index (χ2n) is 6.95. The van der Waals surface area contributed by atoms with Gasteiger partial charge in [-0.15, -0.1) is 0 Å². The number of rotatable bonds is 2. The zero-order valence-corrected chi connectivity index (χ0v) is 14.1. The number of piperazine rings is 1. The van der Waals surface area contributed by atoms with Gasteiger partial charge in [-0.25, -0.2) is 4.98 Å². The van der Waals surface area contributed by atoms with Crippen LogP contribution in [0.5, 0.6) is 0 Å². The van der Waals surface area contributed by atoms with Crippen molar-refractivity contribution in [2.24, 2.45) is 0 Å². The molecule has 0 aliphatic carbocycles. The summed E-state index contributed by atoms with van der Waals surface area (Å²) < 4.78 is 1.56. The molecular weight excluding hydrogens is 304 g/mol. The zero-order valence-electron chi connectivity index (χ0n) is 14.1. The number of nitrogens with zero attached hydrogens (tertiary/aromatic N) is 4. The lowest BCUT2D eigenvalue weighted by atomic mass is 10.1. The summed E-state index contributed by atoms with van der Waals surface area (Å²) in [5, 5.41) is 0. The van der Waals surface area contributed by atoms with E-state index in [1.165, 1.54) is 0 Å². The molecule has 0 radical (unpaired) electrons. The molecule has 0 saturated carbocycles. The molecule has 0 bridgehead atoms. The van der Waals surface area contributed by atoms with Crippen molar-refractivity contribution < 1.29 is 4.79 Å². The summed E-state index contributed by atoms with van der Waals surface area (Å²) in [6, 6.07) is 5.56. The van der Waals surface area contributed by atoms with E-state index in [1.807, 2.05) is 30.9 Å². The van der Waals surface area contributed by atoms with Crippen LogP contribution in [-0.2, 0) is 11.3 Å². The first-order valence-corrected chi connectivity index (χ1v) is 8.56. The van der Waals surface area contributed by atoms with Gasteiger partial charge in [0.25, 0.3) is 5.56 Å². The molecule has 6 heteroatoms. The van der Waals surface area contributed by atoms with E-state index in [2.05, 4.69) is 9.88 Å². The standard InChI is InChI=1S/C18H22N4O2/c1-12-5-7-22-16(8-12)19-14(9-17(22)23)10-20-11-15-4-3-6-21(15)18(24)13(20)2/h5,7-9,13,15H,3-4,6,10-11H2,1-2H3/t13-,15-/m1/s1. The van der Waals surface area contributed by atoms with E-state index in [1.54, 1.807) is 16.7 Å². The number of carbonyl (C=O) groups excluding carboxylic acids is 1. The van der Waals surface area contributed by atoms with Crippen LogP contribution in [0, 0.1) is 6.92 Å². The lowest BCUT2D eigenvalue weighted by molar-refractivity contribution is -0.143. The summed E-state index contributed by atoms with van der Waals surface area (Å²) in [7, 11) is 0. The fourth-order valence-corrected chi connectivity index (χ4v) is 3.88. The molecule has 126 valence electrons. The maximum Gasteiger partial charge on any atom is 0.258 e. The van der Waals surface area contributed by atoms with Crippen LogP contribution >= 0.6 is 0 Å². The Morgan fingerprint density at radius 3 is 2.96 bits per heavy atom. The Bertz CT molecular complexity index is 860. The van der Waals surface area contributed by atoms with Crippen molar-refractivity contribution in [2.75, 3.05) is 13.1 Å². The van der Waals surface area contributed by atoms with Gasteiger partial charge in [-0.05, 0) is 44.4 Å². The Balaban J connectivity index is 1.64. The van der Waals surface area contributed by atoms with Gasteiger partial charge in [-0.3, -0.25) is 18.9 Å². The van der Waals surface area contributed by atoms with E-state index in [0.29, 0.717) is 18.2 Å². The van der Waals surface area contributed by atoms with E-state index >= 15 is 0 Å². The van der Waals surface area contributed by atoms with Crippen LogP contribution in [0.3, 0.4) is 0 Å². The van der Waals surface area contributed by atoms with E-state index in [4.69, 9.17) is 0 Å². The van der Waals surface area contributed by atoms with Crippen molar-refractivity contribution in [3.63, 3.8) is 0 Å². The summed E-state index contributed by atoms with van der Waals surface area (Å²) in [4.78, 5) is 33.6. The quantitative estimate of drug-likeness (QED) is 0.832. The Hall–Kier alpha value is -2.21. The number of hydrogen-bond acceptors (Lipinski definition) is 4. The molecule has 0 unspecified atom stereocenters. The van der Waals surface area contributed by atoms with Gasteiger partial charge in [0.15, 0.2) is 0 Å². The molecule has 2 atom stereocenters. The zero-order chi connectivity index (χ0) is 16.8. The fourth-order valence-electron chi connectivity index (χ4n) is 3.88. The van der Waals surface area contributed by atoms with Crippen molar-refractivity contribution in [3.8, 4) is 0 Å². The first-order chi connectivity index (χ1) is 11.5. The van der Waals surface area contributed by atoms with Gasteiger partial charge in [0.1, 0.15) is 5.65 Å². The van der Waals surface area contributed by atoms with E-state index in [0.717, 1.165) is 37.2 Å². The number of pyridine rings is 1. The lowest BCUT2D eigenvalue weighted by Crippen LogP contribution is -2.58. The number of fused-ring (bicyclic) bond motifs is 2. The minimum atomic E-state index is -0.155. The molecule has 1 amide bonds. The molecule has 2 aromatic heterocycles. The summed E-state index contributed by atoms with van der Waals surface area (Å²) in [5.74, 6) is 0.206. The van der Waals surface area contributed by atoms with E-state index in [-0.39, 0.29) is 17.5 Å². The van der Waals surface area contributed by atoms with Gasteiger partial charge in [-0.1, -0.05) is 0 Å². The van der Waals surface area contributed by atoms with Crippen molar-refractivity contribution in [2.45, 2.75) is 45.3 Å². The average Bonchev–Trinajstić information content (AvgIpc) is 3.00. The molecule has 2 aliphatic rings. The Morgan fingerprint density at radius 2 is 2.12 bits per heavy atom. The van der Waals surface area contributed by atoms with Crippen molar-refractivity contribution in [1.82, 2.24) is 19.2 Å². The third-order valence-corrected chi connectivity index (χ3v) is 5.25. The maximum atomic E-state index is 12.5. The summed E-state index contributed by atoms with van der Waals surface area (Å²) in [6.07, 6.45) is 3.92. The van der Waals surface area contributed by atoms with Crippen LogP contribution < -0.4 is 5.56 Å². The molecule has 4 rings (SSSR count). The maximum absolute atomic E-state index is 12.5. The molecule has 2 aliphatic heterocycles. The monoisotopic (exact) mass is 326 g/mol. The molecule has 2 saturated heterocycles. The number of carbonyl (C=O) groups is 1. The normalized spacial score (nSPS) is 24.6. The minimum Gasteiger partial charge on any atom is -0.337 e. The van der Waals surface area contributed by atoms with Gasteiger partial charge in [0.05, 0.1) is 11.7 Å². The average molecular weight is 326 g/mol. The Kier molecular flexibility index (Phi) is 3.64. The first kappa shape index (κ1) is 15.3. The Morgan fingerprint density at radius 1 is 1.29 bits per heavy atom. The first-order valence-electron chi connectivity index (χ1n) is 8.56. The number of amides is 1. The van der Waals surface area contributed by atoms with Crippen LogP contribution in [0.1, 0.15) is 31.0 Å². The number of aryl methyl sites for hydroxylation is 1. The topological polar surface area (TPSA) is 57.9 Å². The van der Waals surface area contributed by atoms with Gasteiger partial charge in [0, 0.05) is 37.9 Å². The highest BCUT2D eigenvalue weighted by atomic mass is 16.2. The van der Waals surface area contributed by atoms with Gasteiger partial charge in [0.2, 0.25) is 5.91 Å². The van der Waals surface area contributed by atoms with Crippen LogP contribution in [0.2, 0.25) is 0 Å². The van der Waals surface area contributed by atoms with Crippen molar-refractivity contribution in [3.05, 3.63) is 46.0 Å². The van der Waals surface area contributed by atoms with Gasteiger partial charge in [-0.2, -0.15) is 0 Å². The summed E-state index contributed by atoms with van der Waals surface area (Å²) >= 11 is 0. The van der Waals surface area contributed by atoms with Crippen LogP contribution in [0.4, 0.5) is 0 Å². The predicted octanol–water partition coefficient (Wildman–Crippen LogP) is 1.20. The molecule has 0 N–H and O–H groups in total. The number of aromatic nitrogens is 2. The predicted molar refractivity (Wildman–Crippen MR) is 90.8 cm³/mol. The molecule has 0 spiro atoms. The second kappa shape index (κ2) is 5.70. The smallest absolute Gasteiger partial charge is 0.258 e. The van der Waals surface area contributed by atoms with Crippen molar-refractivity contribution in [1.29, 1.82) is 0 Å². The van der Waals surface area contributed by atoms with Gasteiger partial charge < -0.3 is 4.90 Å². The highest BCUT2D eigenvalue weighted by Gasteiger charge is 2.40. The highest BCUT2D eigenvalue weighted by molar-refractivity contribution is 5.83. The summed E-state index contributed by atoms with van der Waals surface area (Å²) in [6.45, 7) is 6.23. The lowest BCUT2D eigenvalue weighted by Gasteiger charge is -2.41. The molecule has 2 aromatic rings. The highest BCUT2D eigenvalue weighted by Crippen LogP contribution is 2.26. The van der Waals surface area contributed by atoms with E-state index < -0.39 is 0 Å². The van der Waals surface area contributed by atoms with Crippen LogP contribution in [0.15, 0.2) is 29.2 Å². The molecular formula is C18H22N4O2. The second-order valence-corrected chi connectivity index (χ2v) is 6.95. The number of hydrogen-bond donors (Lipinski definition) is 0. The summed E-state index contributed by atoms with van der Waals surface area (Å²) in [5.41, 5.74) is 2.39.